The minimum Gasteiger partial charge on any atom is -0.339 e. The van der Waals surface area contributed by atoms with E-state index in [0.29, 0.717) is 6.61 Å². The number of nitrogens with one attached hydrogen (secondary N) is 1. The van der Waals surface area contributed by atoms with Crippen LogP contribution in [0.2, 0.25) is 0 Å². The molecule has 0 aliphatic carbocycles. The molecule has 0 saturated carbocycles. The normalized spacial score (nSPS) is 10.8. The van der Waals surface area contributed by atoms with Crippen molar-refractivity contribution in [1.29, 1.82) is 0 Å². The standard InChI is InChI=1S/C19H21N3O2S/c1-13-9-17(18-12-25-15(3)20-18)14(2)22(13)10-19(23)21-24-11-16-7-5-4-6-8-16/h4-9,12H,10-11H2,1-3H3,(H,21,23). The molecular formula is C19H21N3O2S. The summed E-state index contributed by atoms with van der Waals surface area (Å²) in [6.07, 6.45) is 0. The molecule has 6 heteroatoms. The number of amides is 1. The lowest BCUT2D eigenvalue weighted by Gasteiger charge is -2.10. The molecule has 0 aliphatic rings. The molecule has 0 saturated heterocycles. The third-order valence-corrected chi connectivity index (χ3v) is 4.81. The third kappa shape index (κ3) is 4.15. The first-order valence-corrected chi connectivity index (χ1v) is 8.96. The number of rotatable bonds is 6. The van der Waals surface area contributed by atoms with E-state index < -0.39 is 0 Å². The first kappa shape index (κ1) is 17.4. The van der Waals surface area contributed by atoms with Gasteiger partial charge in [-0.1, -0.05) is 30.3 Å². The summed E-state index contributed by atoms with van der Waals surface area (Å²) in [4.78, 5) is 22.0. The average molecular weight is 355 g/mol. The van der Waals surface area contributed by atoms with Crippen molar-refractivity contribution < 1.29 is 9.63 Å². The summed E-state index contributed by atoms with van der Waals surface area (Å²) >= 11 is 1.63. The molecule has 2 aromatic heterocycles. The lowest BCUT2D eigenvalue weighted by molar-refractivity contribution is -0.135. The largest absolute Gasteiger partial charge is 0.339 e. The number of hydroxylamine groups is 1. The second-order valence-corrected chi connectivity index (χ2v) is 6.98. The Balaban J connectivity index is 1.62. The van der Waals surface area contributed by atoms with E-state index in [9.17, 15) is 4.79 Å². The van der Waals surface area contributed by atoms with Gasteiger partial charge in [-0.15, -0.1) is 11.3 Å². The van der Waals surface area contributed by atoms with Crippen LogP contribution in [0, 0.1) is 20.8 Å². The summed E-state index contributed by atoms with van der Waals surface area (Å²) in [5.41, 5.74) is 7.61. The highest BCUT2D eigenvalue weighted by Gasteiger charge is 2.15. The number of aryl methyl sites for hydroxylation is 2. The summed E-state index contributed by atoms with van der Waals surface area (Å²) in [5, 5.41) is 3.08. The molecule has 0 fully saturated rings. The molecule has 0 bridgehead atoms. The Morgan fingerprint density at radius 3 is 2.68 bits per heavy atom. The van der Waals surface area contributed by atoms with Crippen LogP contribution in [-0.4, -0.2) is 15.5 Å². The van der Waals surface area contributed by atoms with Crippen molar-refractivity contribution in [2.75, 3.05) is 0 Å². The van der Waals surface area contributed by atoms with Gasteiger partial charge in [0.25, 0.3) is 5.91 Å². The maximum atomic E-state index is 12.2. The van der Waals surface area contributed by atoms with Gasteiger partial charge in [-0.05, 0) is 32.4 Å². The number of benzene rings is 1. The van der Waals surface area contributed by atoms with Crippen LogP contribution in [-0.2, 0) is 22.8 Å². The topological polar surface area (TPSA) is 56.2 Å². The molecule has 0 aliphatic heterocycles. The predicted octanol–water partition coefficient (Wildman–Crippen LogP) is 3.78. The second kappa shape index (κ2) is 7.63. The van der Waals surface area contributed by atoms with Crippen LogP contribution in [0.1, 0.15) is 22.0 Å². The zero-order chi connectivity index (χ0) is 17.8. The first-order valence-electron chi connectivity index (χ1n) is 8.08. The molecule has 130 valence electrons. The Kier molecular flexibility index (Phi) is 5.31. The van der Waals surface area contributed by atoms with Gasteiger partial charge in [0.15, 0.2) is 0 Å². The third-order valence-electron chi connectivity index (χ3n) is 4.04. The average Bonchev–Trinajstić information content (AvgIpc) is 3.14. The number of carbonyl (C=O) groups excluding carboxylic acids is 1. The van der Waals surface area contributed by atoms with Gasteiger partial charge < -0.3 is 4.57 Å². The minimum absolute atomic E-state index is 0.182. The Morgan fingerprint density at radius 1 is 1.24 bits per heavy atom. The van der Waals surface area contributed by atoms with Gasteiger partial charge in [-0.3, -0.25) is 9.63 Å². The van der Waals surface area contributed by atoms with Crippen molar-refractivity contribution in [3.63, 3.8) is 0 Å². The Bertz CT molecular complexity index is 868. The quantitative estimate of drug-likeness (QED) is 0.685. The number of hydrogen-bond donors (Lipinski definition) is 1. The Morgan fingerprint density at radius 2 is 2.00 bits per heavy atom. The SMILES string of the molecule is Cc1nc(-c2cc(C)n(CC(=O)NOCc3ccccc3)c2C)cs1. The Hall–Kier alpha value is -2.44. The van der Waals surface area contributed by atoms with E-state index in [2.05, 4.69) is 16.5 Å². The van der Waals surface area contributed by atoms with Crippen LogP contribution in [0.25, 0.3) is 11.3 Å². The Labute approximate surface area is 151 Å². The molecule has 1 N–H and O–H groups in total. The number of aromatic nitrogens is 2. The maximum Gasteiger partial charge on any atom is 0.263 e. The summed E-state index contributed by atoms with van der Waals surface area (Å²) in [6.45, 7) is 6.56. The van der Waals surface area contributed by atoms with Gasteiger partial charge in [0.2, 0.25) is 0 Å². The molecule has 0 radical (unpaired) electrons. The highest BCUT2D eigenvalue weighted by Crippen LogP contribution is 2.27. The molecule has 0 atom stereocenters. The minimum atomic E-state index is -0.182. The van der Waals surface area contributed by atoms with Crippen molar-refractivity contribution in [3.05, 3.63) is 63.7 Å². The van der Waals surface area contributed by atoms with Crippen molar-refractivity contribution in [2.24, 2.45) is 0 Å². The summed E-state index contributed by atoms with van der Waals surface area (Å²) in [7, 11) is 0. The van der Waals surface area contributed by atoms with Crippen molar-refractivity contribution in [2.45, 2.75) is 33.9 Å². The first-order chi connectivity index (χ1) is 12.0. The van der Waals surface area contributed by atoms with Crippen LogP contribution in [0.15, 0.2) is 41.8 Å². The summed E-state index contributed by atoms with van der Waals surface area (Å²) < 4.78 is 1.98. The van der Waals surface area contributed by atoms with Crippen LogP contribution >= 0.6 is 11.3 Å². The molecule has 25 heavy (non-hydrogen) atoms. The second-order valence-electron chi connectivity index (χ2n) is 5.92. The molecule has 1 aromatic carbocycles. The smallest absolute Gasteiger partial charge is 0.263 e. The van der Waals surface area contributed by atoms with E-state index >= 15 is 0 Å². The van der Waals surface area contributed by atoms with Crippen LogP contribution < -0.4 is 5.48 Å². The molecule has 5 nitrogen and oxygen atoms in total. The van der Waals surface area contributed by atoms with Crippen LogP contribution in [0.3, 0.4) is 0 Å². The summed E-state index contributed by atoms with van der Waals surface area (Å²) in [6, 6.07) is 11.8. The van der Waals surface area contributed by atoms with Gasteiger partial charge >= 0.3 is 0 Å². The maximum absolute atomic E-state index is 12.2. The molecule has 2 heterocycles. The van der Waals surface area contributed by atoms with Crippen molar-refractivity contribution in [1.82, 2.24) is 15.0 Å². The predicted molar refractivity (Wildman–Crippen MR) is 99.1 cm³/mol. The fourth-order valence-corrected chi connectivity index (χ4v) is 3.35. The molecule has 3 aromatic rings. The van der Waals surface area contributed by atoms with Crippen LogP contribution in [0.5, 0.6) is 0 Å². The van der Waals surface area contributed by atoms with E-state index in [-0.39, 0.29) is 12.5 Å². The zero-order valence-electron chi connectivity index (χ0n) is 14.6. The van der Waals surface area contributed by atoms with Crippen LogP contribution in [0.4, 0.5) is 0 Å². The molecule has 0 spiro atoms. The highest BCUT2D eigenvalue weighted by molar-refractivity contribution is 7.09. The lowest BCUT2D eigenvalue weighted by atomic mass is 10.2. The van der Waals surface area contributed by atoms with Gasteiger partial charge in [0.05, 0.1) is 17.3 Å². The lowest BCUT2D eigenvalue weighted by Crippen LogP contribution is -2.28. The van der Waals surface area contributed by atoms with Gasteiger partial charge in [0, 0.05) is 22.3 Å². The molecule has 0 unspecified atom stereocenters. The molecular weight excluding hydrogens is 334 g/mol. The number of carbonyl (C=O) groups is 1. The van der Waals surface area contributed by atoms with Gasteiger partial charge in [-0.25, -0.2) is 10.5 Å². The van der Waals surface area contributed by atoms with Crippen molar-refractivity contribution >= 4 is 17.2 Å². The fourth-order valence-electron chi connectivity index (χ4n) is 2.74. The number of hydrogen-bond acceptors (Lipinski definition) is 4. The number of nitrogens with zero attached hydrogens (tertiary/aromatic N) is 2. The highest BCUT2D eigenvalue weighted by atomic mass is 32.1. The summed E-state index contributed by atoms with van der Waals surface area (Å²) in [5.74, 6) is -0.182. The van der Waals surface area contributed by atoms with E-state index in [4.69, 9.17) is 4.84 Å². The van der Waals surface area contributed by atoms with E-state index in [1.165, 1.54) is 0 Å². The van der Waals surface area contributed by atoms with E-state index in [1.54, 1.807) is 11.3 Å². The zero-order valence-corrected chi connectivity index (χ0v) is 15.4. The number of thiazole rings is 1. The van der Waals surface area contributed by atoms with E-state index in [1.807, 2.05) is 61.1 Å². The van der Waals surface area contributed by atoms with E-state index in [0.717, 1.165) is 33.2 Å². The van der Waals surface area contributed by atoms with Gasteiger partial charge in [-0.2, -0.15) is 0 Å². The molecule has 3 rings (SSSR count). The fraction of sp³-hybridized carbons (Fsp3) is 0.263. The van der Waals surface area contributed by atoms with Gasteiger partial charge in [0.1, 0.15) is 6.54 Å². The molecule has 1 amide bonds. The monoisotopic (exact) mass is 355 g/mol. The van der Waals surface area contributed by atoms with Crippen molar-refractivity contribution in [3.8, 4) is 11.3 Å².